The first kappa shape index (κ1) is 42.5. The van der Waals surface area contributed by atoms with Crippen molar-refractivity contribution < 1.29 is 31.1 Å². The van der Waals surface area contributed by atoms with Gasteiger partial charge in [-0.2, -0.15) is 0 Å². The molecule has 0 aliphatic rings. The van der Waals surface area contributed by atoms with E-state index in [-0.39, 0.29) is 11.5 Å². The molecule has 10 aromatic carbocycles. The summed E-state index contributed by atoms with van der Waals surface area (Å²) in [6, 6.07) is 85.2. The Morgan fingerprint density at radius 3 is 0.746 bits per heavy atom. The third-order valence-electron chi connectivity index (χ3n) is 12.3. The Labute approximate surface area is 389 Å². The van der Waals surface area contributed by atoms with Crippen LogP contribution in [0, 0.1) is 0 Å². The molecule has 0 spiro atoms. The van der Waals surface area contributed by atoms with Gasteiger partial charge in [0.05, 0.1) is 0 Å². The number of aromatic hydroxyl groups is 2. The number of halogens is 2. The van der Waals surface area contributed by atoms with Gasteiger partial charge in [0.15, 0.2) is 16.1 Å². The standard InChI is InChI=1S/C56H42O2Si2.2ClH.Zr/c57-55-51(59(43-25-7-1-8-26-43,44-27-9-2-10-28-44)45-29-11-3-12-30-45)39-41-23-19-21-37-49(41)53(55)54-50-38-22-20-24-42(50)40-52(56(54)58)60(46-31-13-4-14-32-46,47-33-15-5-16-34-47)48-35-17-6-18-36-48;;;/h1-40,57-58H;2*1H;/q;;;+2/p-2. The van der Waals surface area contributed by atoms with Gasteiger partial charge in [-0.05, 0) is 63.0 Å². The molecule has 0 saturated carbocycles. The Morgan fingerprint density at radius 2 is 0.508 bits per heavy atom. The zero-order valence-corrected chi connectivity index (χ0v) is 40.2. The van der Waals surface area contributed by atoms with Crippen molar-refractivity contribution in [3.05, 3.63) is 243 Å². The average Bonchev–Trinajstić information content (AvgIpc) is 3.35. The number of phenolic OH excluding ortho intramolecular Hbond substituents is 2. The van der Waals surface area contributed by atoms with Crippen molar-refractivity contribution in [2.75, 3.05) is 0 Å². The molecule has 0 atom stereocenters. The monoisotopic (exact) mass is 962 g/mol. The molecule has 0 radical (unpaired) electrons. The van der Waals surface area contributed by atoms with Crippen LogP contribution in [-0.4, -0.2) is 26.4 Å². The summed E-state index contributed by atoms with van der Waals surface area (Å²) in [7, 11) is 3.38. The van der Waals surface area contributed by atoms with Crippen LogP contribution in [0.15, 0.2) is 243 Å². The van der Waals surface area contributed by atoms with Gasteiger partial charge >= 0.3 is 37.9 Å². The van der Waals surface area contributed by atoms with Crippen LogP contribution in [0.3, 0.4) is 0 Å². The van der Waals surface area contributed by atoms with Crippen molar-refractivity contribution >= 4 is 96.2 Å². The molecule has 10 aromatic rings. The first-order chi connectivity index (χ1) is 31.0. The van der Waals surface area contributed by atoms with Gasteiger partial charge in [-0.15, -0.1) is 0 Å². The van der Waals surface area contributed by atoms with Gasteiger partial charge in [0.25, 0.3) is 0 Å². The molecule has 10 rings (SSSR count). The first-order valence-corrected chi connectivity index (χ1v) is 31.2. The summed E-state index contributed by atoms with van der Waals surface area (Å²) in [6.45, 7) is 0. The summed E-state index contributed by atoms with van der Waals surface area (Å²) in [5, 5.41) is 39.7. The van der Waals surface area contributed by atoms with Crippen molar-refractivity contribution in [1.82, 2.24) is 0 Å². The molecule has 0 amide bonds. The maximum absolute atomic E-state index is 13.6. The molecule has 0 fully saturated rings. The fourth-order valence-corrected chi connectivity index (χ4v) is 19.5. The van der Waals surface area contributed by atoms with Crippen LogP contribution in [-0.2, 0) is 20.8 Å². The SMILES string of the molecule is Oc1c([Si](c2ccccc2)(c2ccccc2)c2ccccc2)cc2ccccc2c1-c1c(O)c([Si](c2ccccc2)(c2ccccc2)c2ccccc2)cc2ccccc12.[Cl][Zr][Cl]. The van der Waals surface area contributed by atoms with E-state index < -0.39 is 37.0 Å². The normalized spacial score (nSPS) is 11.5. The molecule has 0 unspecified atom stereocenters. The molecule has 0 aromatic heterocycles. The van der Waals surface area contributed by atoms with E-state index in [9.17, 15) is 10.2 Å². The van der Waals surface area contributed by atoms with Gasteiger partial charge in [-0.1, -0.05) is 243 Å². The van der Waals surface area contributed by atoms with Gasteiger partial charge in [0, 0.05) is 11.1 Å². The molecule has 2 N–H and O–H groups in total. The Bertz CT molecular complexity index is 2720. The second-order valence-electron chi connectivity index (χ2n) is 15.5. The van der Waals surface area contributed by atoms with Gasteiger partial charge in [-0.3, -0.25) is 0 Å². The Morgan fingerprint density at radius 1 is 0.302 bits per heavy atom. The molecule has 304 valence electrons. The molecule has 0 saturated heterocycles. The molecule has 63 heavy (non-hydrogen) atoms. The van der Waals surface area contributed by atoms with Gasteiger partial charge in [0.2, 0.25) is 0 Å². The van der Waals surface area contributed by atoms with E-state index in [1.54, 1.807) is 0 Å². The van der Waals surface area contributed by atoms with Gasteiger partial charge < -0.3 is 10.2 Å². The predicted octanol–water partition coefficient (Wildman–Crippen LogP) is 9.20. The number of fused-ring (bicyclic) bond motifs is 2. The van der Waals surface area contributed by atoms with E-state index in [0.29, 0.717) is 11.1 Å². The molecule has 7 heteroatoms. The van der Waals surface area contributed by atoms with Gasteiger partial charge in [0.1, 0.15) is 11.5 Å². The number of rotatable bonds is 9. The molecular formula is C56H42Cl2O2Si2Zr. The van der Waals surface area contributed by atoms with Crippen molar-refractivity contribution in [2.24, 2.45) is 0 Å². The average molecular weight is 965 g/mol. The summed E-state index contributed by atoms with van der Waals surface area (Å²) in [4.78, 5) is 0. The molecular weight excluding hydrogens is 923 g/mol. The Kier molecular flexibility index (Phi) is 12.8. The second-order valence-corrected chi connectivity index (χ2v) is 26.8. The van der Waals surface area contributed by atoms with Crippen molar-refractivity contribution in [3.8, 4) is 22.6 Å². The zero-order chi connectivity index (χ0) is 43.2. The topological polar surface area (TPSA) is 40.5 Å². The van der Waals surface area contributed by atoms with Crippen LogP contribution >= 0.6 is 17.0 Å². The summed E-state index contributed by atoms with van der Waals surface area (Å²) in [6.07, 6.45) is 0. The van der Waals surface area contributed by atoms with E-state index in [2.05, 4.69) is 231 Å². The summed E-state index contributed by atoms with van der Waals surface area (Å²) in [5.74, 6) is 0.363. The van der Waals surface area contributed by atoms with Crippen LogP contribution < -0.4 is 41.5 Å². The predicted molar refractivity (Wildman–Crippen MR) is 269 cm³/mol. The zero-order valence-electron chi connectivity index (χ0n) is 34.2. The molecule has 0 aliphatic carbocycles. The third kappa shape index (κ3) is 7.52. The van der Waals surface area contributed by atoms with E-state index in [1.807, 2.05) is 12.1 Å². The Balaban J connectivity index is 0.00000164. The molecule has 2 nitrogen and oxygen atoms in total. The summed E-state index contributed by atoms with van der Waals surface area (Å²) < 4.78 is 0. The second kappa shape index (κ2) is 18.9. The number of hydrogen-bond acceptors (Lipinski definition) is 2. The van der Waals surface area contributed by atoms with E-state index in [0.717, 1.165) is 63.0 Å². The van der Waals surface area contributed by atoms with Crippen LogP contribution in [0.5, 0.6) is 11.5 Å². The number of hydrogen-bond donors (Lipinski definition) is 2. The number of benzene rings is 10. The van der Waals surface area contributed by atoms with Crippen molar-refractivity contribution in [3.63, 3.8) is 0 Å². The fourth-order valence-electron chi connectivity index (χ4n) is 9.81. The van der Waals surface area contributed by atoms with Crippen LogP contribution in [0.4, 0.5) is 0 Å². The molecule has 0 bridgehead atoms. The van der Waals surface area contributed by atoms with Crippen molar-refractivity contribution in [2.45, 2.75) is 0 Å². The van der Waals surface area contributed by atoms with E-state index >= 15 is 0 Å². The minimum absolute atomic E-state index is 0.181. The fraction of sp³-hybridized carbons (Fsp3) is 0. The van der Waals surface area contributed by atoms with Crippen LogP contribution in [0.2, 0.25) is 0 Å². The molecule has 0 heterocycles. The van der Waals surface area contributed by atoms with Gasteiger partial charge in [-0.25, -0.2) is 0 Å². The first-order valence-electron chi connectivity index (χ1n) is 20.8. The number of phenols is 2. The van der Waals surface area contributed by atoms with Crippen molar-refractivity contribution in [1.29, 1.82) is 0 Å². The summed E-state index contributed by atoms with van der Waals surface area (Å²) in [5.41, 5.74) is 1.27. The van der Waals surface area contributed by atoms with Crippen LogP contribution in [0.25, 0.3) is 32.7 Å². The van der Waals surface area contributed by atoms with E-state index in [4.69, 9.17) is 17.0 Å². The Hall–Kier alpha value is -5.78. The van der Waals surface area contributed by atoms with Crippen LogP contribution in [0.1, 0.15) is 0 Å². The molecule has 0 aliphatic heterocycles. The summed E-state index contributed by atoms with van der Waals surface area (Å²) >= 11 is -0.826. The van der Waals surface area contributed by atoms with E-state index in [1.165, 1.54) is 0 Å². The quantitative estimate of drug-likeness (QED) is 0.112. The minimum atomic E-state index is -3.24. The third-order valence-corrected chi connectivity index (χ3v) is 21.9. The maximum atomic E-state index is 13.6.